The summed E-state index contributed by atoms with van der Waals surface area (Å²) in [5.41, 5.74) is 8.76. The van der Waals surface area contributed by atoms with Crippen LogP contribution in [-0.4, -0.2) is 36.3 Å². The van der Waals surface area contributed by atoms with Crippen LogP contribution in [0.3, 0.4) is 0 Å². The number of rotatable bonds is 2. The van der Waals surface area contributed by atoms with E-state index in [1.807, 2.05) is 30.0 Å². The normalized spacial score (nSPS) is 20.6. The summed E-state index contributed by atoms with van der Waals surface area (Å²) in [7, 11) is 0. The van der Waals surface area contributed by atoms with E-state index < -0.39 is 0 Å². The van der Waals surface area contributed by atoms with E-state index in [9.17, 15) is 9.59 Å². The molecule has 2 amide bonds. The Kier molecular flexibility index (Phi) is 4.96. The SMILES string of the molecule is CCN1CC(C(=O)N2CCCc3c(N)cccc32)CC1=O.Cl. The fourth-order valence-corrected chi connectivity index (χ4v) is 3.34. The smallest absolute Gasteiger partial charge is 0.232 e. The number of hydrogen-bond donors (Lipinski definition) is 1. The Bertz CT molecular complexity index is 591. The van der Waals surface area contributed by atoms with E-state index >= 15 is 0 Å². The molecule has 2 N–H and O–H groups in total. The summed E-state index contributed by atoms with van der Waals surface area (Å²) in [6.07, 6.45) is 2.17. The molecule has 1 fully saturated rings. The van der Waals surface area contributed by atoms with Gasteiger partial charge < -0.3 is 15.5 Å². The minimum Gasteiger partial charge on any atom is -0.398 e. The van der Waals surface area contributed by atoms with Gasteiger partial charge in [0.05, 0.1) is 5.92 Å². The second kappa shape index (κ2) is 6.57. The van der Waals surface area contributed by atoms with Crippen molar-refractivity contribution in [3.05, 3.63) is 23.8 Å². The summed E-state index contributed by atoms with van der Waals surface area (Å²) in [5.74, 6) is -0.0728. The predicted octanol–water partition coefficient (Wildman–Crippen LogP) is 1.84. The molecular weight excluding hydrogens is 302 g/mol. The number of amides is 2. The van der Waals surface area contributed by atoms with E-state index in [1.165, 1.54) is 0 Å². The fourth-order valence-electron chi connectivity index (χ4n) is 3.34. The van der Waals surface area contributed by atoms with Crippen LogP contribution < -0.4 is 10.6 Å². The number of nitrogens with zero attached hydrogens (tertiary/aromatic N) is 2. The number of hydrogen-bond acceptors (Lipinski definition) is 3. The number of nitrogens with two attached hydrogens (primary N) is 1. The molecule has 0 radical (unpaired) electrons. The highest BCUT2D eigenvalue weighted by molar-refractivity contribution is 6.00. The van der Waals surface area contributed by atoms with Gasteiger partial charge in [0.2, 0.25) is 11.8 Å². The van der Waals surface area contributed by atoms with Crippen LogP contribution in [0.1, 0.15) is 25.3 Å². The van der Waals surface area contributed by atoms with Crippen molar-refractivity contribution in [2.75, 3.05) is 30.3 Å². The molecular formula is C16H22ClN3O2. The van der Waals surface area contributed by atoms with E-state index in [1.54, 1.807) is 4.90 Å². The average molecular weight is 324 g/mol. The fraction of sp³-hybridized carbons (Fsp3) is 0.500. The zero-order valence-electron chi connectivity index (χ0n) is 12.7. The molecule has 0 bridgehead atoms. The third-order valence-electron chi connectivity index (χ3n) is 4.50. The molecule has 0 saturated carbocycles. The lowest BCUT2D eigenvalue weighted by atomic mass is 9.97. The molecule has 1 aromatic rings. The first-order valence-electron chi connectivity index (χ1n) is 7.58. The summed E-state index contributed by atoms with van der Waals surface area (Å²) in [6, 6.07) is 5.72. The third kappa shape index (κ3) is 2.77. The van der Waals surface area contributed by atoms with Crippen LogP contribution in [0.2, 0.25) is 0 Å². The number of carbonyl (C=O) groups excluding carboxylic acids is 2. The summed E-state index contributed by atoms with van der Waals surface area (Å²) in [5, 5.41) is 0. The molecule has 2 heterocycles. The molecule has 1 atom stereocenters. The molecule has 120 valence electrons. The second-order valence-electron chi connectivity index (χ2n) is 5.77. The van der Waals surface area contributed by atoms with Crippen molar-refractivity contribution in [1.82, 2.24) is 4.90 Å². The van der Waals surface area contributed by atoms with Crippen LogP contribution in [-0.2, 0) is 16.0 Å². The summed E-state index contributed by atoms with van der Waals surface area (Å²) in [6.45, 7) is 3.88. The molecule has 3 rings (SSSR count). The maximum absolute atomic E-state index is 12.8. The van der Waals surface area contributed by atoms with E-state index in [2.05, 4.69) is 0 Å². The third-order valence-corrected chi connectivity index (χ3v) is 4.50. The lowest BCUT2D eigenvalue weighted by Gasteiger charge is -2.32. The average Bonchev–Trinajstić information content (AvgIpc) is 2.87. The van der Waals surface area contributed by atoms with Gasteiger partial charge in [-0.3, -0.25) is 9.59 Å². The number of halogens is 1. The Morgan fingerprint density at radius 3 is 2.86 bits per heavy atom. The van der Waals surface area contributed by atoms with Crippen molar-refractivity contribution >= 4 is 35.6 Å². The van der Waals surface area contributed by atoms with Gasteiger partial charge in [0.25, 0.3) is 0 Å². The molecule has 6 heteroatoms. The largest absolute Gasteiger partial charge is 0.398 e. The summed E-state index contributed by atoms with van der Waals surface area (Å²) in [4.78, 5) is 28.2. The highest BCUT2D eigenvalue weighted by Crippen LogP contribution is 2.33. The Hall–Kier alpha value is -1.75. The molecule has 0 spiro atoms. The highest BCUT2D eigenvalue weighted by atomic mass is 35.5. The van der Waals surface area contributed by atoms with Gasteiger partial charge in [-0.05, 0) is 37.5 Å². The molecule has 2 aliphatic rings. The van der Waals surface area contributed by atoms with E-state index in [0.717, 1.165) is 29.8 Å². The molecule has 0 aliphatic carbocycles. The first-order valence-corrected chi connectivity index (χ1v) is 7.58. The highest BCUT2D eigenvalue weighted by Gasteiger charge is 2.37. The number of fused-ring (bicyclic) bond motifs is 1. The quantitative estimate of drug-likeness (QED) is 0.844. The Morgan fingerprint density at radius 1 is 1.41 bits per heavy atom. The van der Waals surface area contributed by atoms with Gasteiger partial charge in [-0.25, -0.2) is 0 Å². The zero-order chi connectivity index (χ0) is 15.0. The van der Waals surface area contributed by atoms with Crippen molar-refractivity contribution in [3.8, 4) is 0 Å². The molecule has 5 nitrogen and oxygen atoms in total. The minimum absolute atomic E-state index is 0. The van der Waals surface area contributed by atoms with Crippen molar-refractivity contribution in [1.29, 1.82) is 0 Å². The van der Waals surface area contributed by atoms with Gasteiger partial charge in [-0.2, -0.15) is 0 Å². The van der Waals surface area contributed by atoms with Gasteiger partial charge in [-0.1, -0.05) is 6.07 Å². The Balaban J connectivity index is 0.00000176. The topological polar surface area (TPSA) is 66.6 Å². The molecule has 1 saturated heterocycles. The summed E-state index contributed by atoms with van der Waals surface area (Å²) >= 11 is 0. The van der Waals surface area contributed by atoms with Gasteiger partial charge >= 0.3 is 0 Å². The van der Waals surface area contributed by atoms with Crippen molar-refractivity contribution in [2.24, 2.45) is 5.92 Å². The minimum atomic E-state index is -0.218. The number of benzene rings is 1. The molecule has 22 heavy (non-hydrogen) atoms. The number of likely N-dealkylation sites (tertiary alicyclic amines) is 1. The zero-order valence-corrected chi connectivity index (χ0v) is 13.6. The van der Waals surface area contributed by atoms with Crippen LogP contribution in [0, 0.1) is 5.92 Å². The predicted molar refractivity (Wildman–Crippen MR) is 89.1 cm³/mol. The number of anilines is 2. The van der Waals surface area contributed by atoms with Gasteiger partial charge in [0.1, 0.15) is 0 Å². The van der Waals surface area contributed by atoms with Crippen LogP contribution >= 0.6 is 12.4 Å². The van der Waals surface area contributed by atoms with E-state index in [-0.39, 0.29) is 30.1 Å². The van der Waals surface area contributed by atoms with Crippen LogP contribution in [0.5, 0.6) is 0 Å². The summed E-state index contributed by atoms with van der Waals surface area (Å²) < 4.78 is 0. The maximum atomic E-state index is 12.8. The number of carbonyl (C=O) groups is 2. The van der Waals surface area contributed by atoms with Gasteiger partial charge in [-0.15, -0.1) is 12.4 Å². The Morgan fingerprint density at radius 2 is 2.18 bits per heavy atom. The lowest BCUT2D eigenvalue weighted by Crippen LogP contribution is -2.40. The monoisotopic (exact) mass is 323 g/mol. The standard InChI is InChI=1S/C16H21N3O2.ClH/c1-2-18-10-11(9-15(18)20)16(21)19-8-4-5-12-13(17)6-3-7-14(12)19;/h3,6-7,11H,2,4-5,8-10,17H2,1H3;1H. The molecule has 1 unspecified atom stereocenters. The van der Waals surface area contributed by atoms with Crippen LogP contribution in [0.4, 0.5) is 11.4 Å². The van der Waals surface area contributed by atoms with Crippen molar-refractivity contribution in [2.45, 2.75) is 26.2 Å². The van der Waals surface area contributed by atoms with Crippen molar-refractivity contribution < 1.29 is 9.59 Å². The first kappa shape index (κ1) is 16.6. The molecule has 0 aromatic heterocycles. The second-order valence-corrected chi connectivity index (χ2v) is 5.77. The lowest BCUT2D eigenvalue weighted by molar-refractivity contribution is -0.128. The van der Waals surface area contributed by atoms with Crippen LogP contribution in [0.25, 0.3) is 0 Å². The van der Waals surface area contributed by atoms with Crippen molar-refractivity contribution in [3.63, 3.8) is 0 Å². The Labute approximate surface area is 136 Å². The first-order chi connectivity index (χ1) is 10.1. The number of nitrogen functional groups attached to an aromatic ring is 1. The maximum Gasteiger partial charge on any atom is 0.232 e. The van der Waals surface area contributed by atoms with E-state index in [0.29, 0.717) is 26.1 Å². The van der Waals surface area contributed by atoms with Gasteiger partial charge in [0.15, 0.2) is 0 Å². The van der Waals surface area contributed by atoms with Crippen LogP contribution in [0.15, 0.2) is 18.2 Å². The molecule has 1 aromatic carbocycles. The molecule has 2 aliphatic heterocycles. The van der Waals surface area contributed by atoms with Gasteiger partial charge in [0, 0.05) is 37.4 Å². The van der Waals surface area contributed by atoms with E-state index in [4.69, 9.17) is 5.73 Å².